The lowest BCUT2D eigenvalue weighted by Gasteiger charge is -2.34. The molecule has 1 saturated heterocycles. The molecule has 1 aliphatic heterocycles. The van der Waals surface area contributed by atoms with Crippen LogP contribution in [0.25, 0.3) is 11.4 Å². The first kappa shape index (κ1) is 21.6. The zero-order valence-corrected chi connectivity index (χ0v) is 18.7. The average Bonchev–Trinajstić information content (AvgIpc) is 3.22. The number of rotatable bonds is 5. The van der Waals surface area contributed by atoms with Crippen molar-refractivity contribution in [3.63, 3.8) is 0 Å². The van der Waals surface area contributed by atoms with E-state index in [1.807, 2.05) is 32.0 Å². The van der Waals surface area contributed by atoms with Gasteiger partial charge in [-0.2, -0.15) is 4.31 Å². The molecule has 0 spiro atoms. The minimum absolute atomic E-state index is 0.0785. The number of pyridine rings is 1. The second-order valence-electron chi connectivity index (χ2n) is 7.31. The van der Waals surface area contributed by atoms with Gasteiger partial charge in [0.2, 0.25) is 10.0 Å². The highest BCUT2D eigenvalue weighted by atomic mass is 32.2. The number of nitrogens with zero attached hydrogens (tertiary/aromatic N) is 3. The number of benzene rings is 1. The standard InChI is InChI=1S/C21H22N4O4S2/c1-14-11-25(12-15(2)29-14)31(27,28)17-7-5-6-16(10-17)20(26)24-21-23-19(13-30-21)18-8-3-4-9-22-18/h3-10,13-15H,11-12H2,1-2H3,(H,23,24,26)/t14-,15+. The van der Waals surface area contributed by atoms with Gasteiger partial charge in [-0.05, 0) is 44.2 Å². The topological polar surface area (TPSA) is 101 Å². The second-order valence-corrected chi connectivity index (χ2v) is 10.1. The van der Waals surface area contributed by atoms with Gasteiger partial charge in [0.05, 0.1) is 22.8 Å². The third-order valence-electron chi connectivity index (χ3n) is 4.77. The van der Waals surface area contributed by atoms with Gasteiger partial charge < -0.3 is 4.74 Å². The number of hydrogen-bond acceptors (Lipinski definition) is 7. The van der Waals surface area contributed by atoms with E-state index in [4.69, 9.17) is 4.74 Å². The predicted octanol–water partition coefficient (Wildman–Crippen LogP) is 3.26. The van der Waals surface area contributed by atoms with E-state index < -0.39 is 15.9 Å². The molecule has 1 N–H and O–H groups in total. The predicted molar refractivity (Wildman–Crippen MR) is 119 cm³/mol. The molecule has 0 radical (unpaired) electrons. The number of hydrogen-bond donors (Lipinski definition) is 1. The maximum absolute atomic E-state index is 13.1. The Labute approximate surface area is 185 Å². The van der Waals surface area contributed by atoms with Gasteiger partial charge in [0.15, 0.2) is 5.13 Å². The fourth-order valence-corrected chi connectivity index (χ4v) is 5.74. The molecule has 10 heteroatoms. The van der Waals surface area contributed by atoms with E-state index in [0.717, 1.165) is 0 Å². The van der Waals surface area contributed by atoms with E-state index in [0.29, 0.717) is 16.5 Å². The third kappa shape index (κ3) is 4.82. The largest absolute Gasteiger partial charge is 0.373 e. The van der Waals surface area contributed by atoms with Gasteiger partial charge in [-0.15, -0.1) is 11.3 Å². The van der Waals surface area contributed by atoms with E-state index in [9.17, 15) is 13.2 Å². The molecule has 162 valence electrons. The minimum atomic E-state index is -3.74. The highest BCUT2D eigenvalue weighted by molar-refractivity contribution is 7.89. The molecule has 2 atom stereocenters. The van der Waals surface area contributed by atoms with Crippen LogP contribution in [0.3, 0.4) is 0 Å². The van der Waals surface area contributed by atoms with Crippen molar-refractivity contribution in [2.24, 2.45) is 0 Å². The number of carbonyl (C=O) groups excluding carboxylic acids is 1. The van der Waals surface area contributed by atoms with Gasteiger partial charge in [-0.1, -0.05) is 12.1 Å². The molecule has 0 aliphatic carbocycles. The first-order chi connectivity index (χ1) is 14.8. The zero-order valence-electron chi connectivity index (χ0n) is 17.1. The number of morpholine rings is 1. The van der Waals surface area contributed by atoms with Crippen molar-refractivity contribution >= 4 is 32.4 Å². The Morgan fingerprint density at radius 1 is 1.13 bits per heavy atom. The monoisotopic (exact) mass is 458 g/mol. The summed E-state index contributed by atoms with van der Waals surface area (Å²) in [7, 11) is -3.74. The number of sulfonamides is 1. The van der Waals surface area contributed by atoms with Crippen LogP contribution in [0.5, 0.6) is 0 Å². The number of ether oxygens (including phenoxy) is 1. The Balaban J connectivity index is 1.52. The first-order valence-corrected chi connectivity index (χ1v) is 12.1. The smallest absolute Gasteiger partial charge is 0.257 e. The maximum atomic E-state index is 13.1. The van der Waals surface area contributed by atoms with Crippen LogP contribution >= 0.6 is 11.3 Å². The number of aromatic nitrogens is 2. The van der Waals surface area contributed by atoms with Gasteiger partial charge in [0, 0.05) is 30.2 Å². The van der Waals surface area contributed by atoms with Crippen LogP contribution in [0.2, 0.25) is 0 Å². The van der Waals surface area contributed by atoms with Gasteiger partial charge in [-0.3, -0.25) is 15.1 Å². The summed E-state index contributed by atoms with van der Waals surface area (Å²) in [6.07, 6.45) is 1.29. The SMILES string of the molecule is C[C@@H]1CN(S(=O)(=O)c2cccc(C(=O)Nc3nc(-c4ccccn4)cs3)c2)C[C@H](C)O1. The molecule has 0 bridgehead atoms. The summed E-state index contributed by atoms with van der Waals surface area (Å²) in [5.74, 6) is -0.428. The molecule has 8 nitrogen and oxygen atoms in total. The first-order valence-electron chi connectivity index (χ1n) is 9.77. The Bertz CT molecular complexity index is 1170. The minimum Gasteiger partial charge on any atom is -0.373 e. The Kier molecular flexibility index (Phi) is 6.15. The third-order valence-corrected chi connectivity index (χ3v) is 7.36. The molecule has 1 aromatic carbocycles. The lowest BCUT2D eigenvalue weighted by atomic mass is 10.2. The number of thiazole rings is 1. The van der Waals surface area contributed by atoms with Crippen LogP contribution in [0.1, 0.15) is 24.2 Å². The summed E-state index contributed by atoms with van der Waals surface area (Å²) < 4.78 is 33.2. The van der Waals surface area contributed by atoms with E-state index in [2.05, 4.69) is 15.3 Å². The lowest BCUT2D eigenvalue weighted by molar-refractivity contribution is -0.0440. The van der Waals surface area contributed by atoms with Crippen molar-refractivity contribution in [2.45, 2.75) is 31.0 Å². The van der Waals surface area contributed by atoms with Crippen molar-refractivity contribution in [3.8, 4) is 11.4 Å². The summed E-state index contributed by atoms with van der Waals surface area (Å²) in [6, 6.07) is 11.5. The van der Waals surface area contributed by atoms with Gasteiger partial charge in [0.25, 0.3) is 5.91 Å². The van der Waals surface area contributed by atoms with E-state index in [1.54, 1.807) is 23.7 Å². The molecule has 0 unspecified atom stereocenters. The van der Waals surface area contributed by atoms with Crippen molar-refractivity contribution in [1.29, 1.82) is 0 Å². The lowest BCUT2D eigenvalue weighted by Crippen LogP contribution is -2.48. The van der Waals surface area contributed by atoms with Crippen LogP contribution in [-0.4, -0.2) is 53.9 Å². The fourth-order valence-electron chi connectivity index (χ4n) is 3.41. The number of carbonyl (C=O) groups is 1. The summed E-state index contributed by atoms with van der Waals surface area (Å²) in [4.78, 5) is 21.4. The molecular formula is C21H22N4O4S2. The Morgan fingerprint density at radius 2 is 1.90 bits per heavy atom. The number of nitrogens with one attached hydrogen (secondary N) is 1. The molecule has 1 fully saturated rings. The normalized spacial score (nSPS) is 19.8. The quantitative estimate of drug-likeness (QED) is 0.630. The molecule has 4 rings (SSSR count). The maximum Gasteiger partial charge on any atom is 0.257 e. The van der Waals surface area contributed by atoms with Crippen molar-refractivity contribution < 1.29 is 17.9 Å². The average molecular weight is 459 g/mol. The summed E-state index contributed by atoms with van der Waals surface area (Å²) >= 11 is 1.28. The van der Waals surface area contributed by atoms with Crippen molar-refractivity contribution in [1.82, 2.24) is 14.3 Å². The Morgan fingerprint density at radius 3 is 2.61 bits per heavy atom. The van der Waals surface area contributed by atoms with E-state index in [1.165, 1.54) is 27.8 Å². The molecule has 31 heavy (non-hydrogen) atoms. The fraction of sp³-hybridized carbons (Fsp3) is 0.286. The molecule has 3 heterocycles. The molecule has 2 aromatic heterocycles. The van der Waals surface area contributed by atoms with Crippen LogP contribution in [0.15, 0.2) is 58.9 Å². The zero-order chi connectivity index (χ0) is 22.0. The number of anilines is 1. The van der Waals surface area contributed by atoms with E-state index in [-0.39, 0.29) is 35.8 Å². The molecular weight excluding hydrogens is 436 g/mol. The summed E-state index contributed by atoms with van der Waals surface area (Å²) in [5, 5.41) is 4.95. The van der Waals surface area contributed by atoms with Crippen LogP contribution in [-0.2, 0) is 14.8 Å². The van der Waals surface area contributed by atoms with Crippen molar-refractivity contribution in [2.75, 3.05) is 18.4 Å². The van der Waals surface area contributed by atoms with Crippen LogP contribution in [0, 0.1) is 0 Å². The molecule has 1 amide bonds. The van der Waals surface area contributed by atoms with Crippen LogP contribution < -0.4 is 5.32 Å². The number of amides is 1. The van der Waals surface area contributed by atoms with Gasteiger partial charge in [0.1, 0.15) is 5.69 Å². The highest BCUT2D eigenvalue weighted by Crippen LogP contribution is 2.25. The van der Waals surface area contributed by atoms with Gasteiger partial charge >= 0.3 is 0 Å². The van der Waals surface area contributed by atoms with E-state index >= 15 is 0 Å². The molecule has 0 saturated carbocycles. The highest BCUT2D eigenvalue weighted by Gasteiger charge is 2.32. The molecule has 3 aromatic rings. The Hall–Kier alpha value is -2.66. The molecule has 1 aliphatic rings. The van der Waals surface area contributed by atoms with Crippen LogP contribution in [0.4, 0.5) is 5.13 Å². The summed E-state index contributed by atoms with van der Waals surface area (Å²) in [5.41, 5.74) is 1.61. The second kappa shape index (κ2) is 8.83. The van der Waals surface area contributed by atoms with Crippen molar-refractivity contribution in [3.05, 3.63) is 59.6 Å². The summed E-state index contributed by atoms with van der Waals surface area (Å²) in [6.45, 7) is 4.24. The van der Waals surface area contributed by atoms with Gasteiger partial charge in [-0.25, -0.2) is 13.4 Å².